The van der Waals surface area contributed by atoms with Gasteiger partial charge in [-0.2, -0.15) is 4.98 Å². The minimum atomic E-state index is -0.431. The largest absolute Gasteiger partial charge is 0.493 e. The van der Waals surface area contributed by atoms with Crippen LogP contribution in [0.5, 0.6) is 11.5 Å². The third kappa shape index (κ3) is 5.49. The molecule has 1 saturated heterocycles. The van der Waals surface area contributed by atoms with Crippen LogP contribution in [0.4, 0.5) is 5.69 Å². The monoisotopic (exact) mass is 494 g/mol. The Bertz CT molecular complexity index is 1240. The number of nitrogens with one attached hydrogen (secondary N) is 1. The van der Waals surface area contributed by atoms with Gasteiger partial charge in [0.05, 0.1) is 39.4 Å². The molecule has 1 atom stereocenters. The van der Waals surface area contributed by atoms with Gasteiger partial charge in [-0.1, -0.05) is 11.2 Å². The van der Waals surface area contributed by atoms with Crippen molar-refractivity contribution in [3.63, 3.8) is 0 Å². The van der Waals surface area contributed by atoms with Crippen LogP contribution in [0.15, 0.2) is 40.9 Å². The number of piperidine rings is 1. The highest BCUT2D eigenvalue weighted by atomic mass is 16.5. The van der Waals surface area contributed by atoms with Gasteiger partial charge in [0.1, 0.15) is 0 Å². The van der Waals surface area contributed by atoms with Crippen LogP contribution < -0.4 is 14.8 Å². The first kappa shape index (κ1) is 25.2. The standard InChI is InChI=1S/C26H30N4O6/c1-16-19(26(32)35-4)8-5-9-20(16)27-25(31)18-7-6-12-30(14-18)15-23-28-24(29-36-23)17-10-11-21(33-2)22(13-17)34-3/h5,8-11,13,18H,6-7,12,14-15H2,1-4H3,(H,27,31). The Morgan fingerprint density at radius 3 is 2.69 bits per heavy atom. The highest BCUT2D eigenvalue weighted by Crippen LogP contribution is 2.31. The van der Waals surface area contributed by atoms with Crippen molar-refractivity contribution < 1.29 is 28.3 Å². The number of methoxy groups -OCH3 is 3. The molecule has 1 N–H and O–H groups in total. The first-order valence-corrected chi connectivity index (χ1v) is 11.7. The van der Waals surface area contributed by atoms with Crippen LogP contribution in [-0.4, -0.2) is 61.3 Å². The summed E-state index contributed by atoms with van der Waals surface area (Å²) < 4.78 is 20.9. The number of hydrogen-bond acceptors (Lipinski definition) is 9. The highest BCUT2D eigenvalue weighted by molar-refractivity contribution is 5.97. The minimum absolute atomic E-state index is 0.0821. The number of amides is 1. The number of nitrogens with zero attached hydrogens (tertiary/aromatic N) is 3. The van der Waals surface area contributed by atoms with Crippen LogP contribution in [0, 0.1) is 12.8 Å². The Morgan fingerprint density at radius 2 is 1.94 bits per heavy atom. The molecule has 0 spiro atoms. The summed E-state index contributed by atoms with van der Waals surface area (Å²) >= 11 is 0. The van der Waals surface area contributed by atoms with Crippen LogP contribution >= 0.6 is 0 Å². The van der Waals surface area contributed by atoms with Crippen LogP contribution in [-0.2, 0) is 16.1 Å². The van der Waals surface area contributed by atoms with Gasteiger partial charge in [0.2, 0.25) is 17.6 Å². The number of aromatic nitrogens is 2. The first-order chi connectivity index (χ1) is 17.4. The van der Waals surface area contributed by atoms with Crippen LogP contribution in [0.1, 0.15) is 34.7 Å². The maximum atomic E-state index is 13.0. The molecule has 1 aliphatic heterocycles. The van der Waals surface area contributed by atoms with Crippen molar-refractivity contribution in [3.05, 3.63) is 53.4 Å². The Hall–Kier alpha value is -3.92. The zero-order chi connectivity index (χ0) is 25.7. The Labute approximate surface area is 209 Å². The Kier molecular flexibility index (Phi) is 7.84. The van der Waals surface area contributed by atoms with Crippen molar-refractivity contribution in [3.8, 4) is 22.9 Å². The molecular formula is C26H30N4O6. The number of anilines is 1. The second-order valence-electron chi connectivity index (χ2n) is 8.61. The van der Waals surface area contributed by atoms with E-state index in [1.165, 1.54) is 7.11 Å². The minimum Gasteiger partial charge on any atom is -0.493 e. The molecule has 4 rings (SSSR count). The summed E-state index contributed by atoms with van der Waals surface area (Å²) in [5, 5.41) is 7.09. The molecule has 1 aliphatic rings. The van der Waals surface area contributed by atoms with E-state index in [9.17, 15) is 9.59 Å². The molecular weight excluding hydrogens is 464 g/mol. The van der Waals surface area contributed by atoms with E-state index >= 15 is 0 Å². The fourth-order valence-corrected chi connectivity index (χ4v) is 4.35. The first-order valence-electron chi connectivity index (χ1n) is 11.7. The summed E-state index contributed by atoms with van der Waals surface area (Å²) in [6.45, 7) is 3.63. The molecule has 10 heteroatoms. The third-order valence-electron chi connectivity index (χ3n) is 6.34. The van der Waals surface area contributed by atoms with Gasteiger partial charge in [-0.05, 0) is 62.2 Å². The molecule has 190 valence electrons. The molecule has 36 heavy (non-hydrogen) atoms. The quantitative estimate of drug-likeness (QED) is 0.468. The van der Waals surface area contributed by atoms with Crippen molar-refractivity contribution in [2.75, 3.05) is 39.7 Å². The van der Waals surface area contributed by atoms with E-state index < -0.39 is 5.97 Å². The zero-order valence-electron chi connectivity index (χ0n) is 20.9. The lowest BCUT2D eigenvalue weighted by Crippen LogP contribution is -2.40. The zero-order valence-corrected chi connectivity index (χ0v) is 20.9. The van der Waals surface area contributed by atoms with Crippen molar-refractivity contribution in [2.45, 2.75) is 26.3 Å². The molecule has 2 heterocycles. The van der Waals surface area contributed by atoms with Gasteiger partial charge in [-0.25, -0.2) is 4.79 Å². The van der Waals surface area contributed by atoms with E-state index in [0.717, 1.165) is 24.9 Å². The number of esters is 1. The third-order valence-corrected chi connectivity index (χ3v) is 6.34. The molecule has 0 aliphatic carbocycles. The van der Waals surface area contributed by atoms with Gasteiger partial charge >= 0.3 is 5.97 Å². The van der Waals surface area contributed by atoms with E-state index in [-0.39, 0.29) is 11.8 Å². The lowest BCUT2D eigenvalue weighted by molar-refractivity contribution is -0.121. The number of rotatable bonds is 8. The SMILES string of the molecule is COC(=O)c1cccc(NC(=O)C2CCCN(Cc3nc(-c4ccc(OC)c(OC)c4)no3)C2)c1C. The topological polar surface area (TPSA) is 116 Å². The number of ether oxygens (including phenoxy) is 3. The van der Waals surface area contributed by atoms with Crippen LogP contribution in [0.2, 0.25) is 0 Å². The summed E-state index contributed by atoms with van der Waals surface area (Å²) in [4.78, 5) is 31.7. The maximum Gasteiger partial charge on any atom is 0.338 e. The van der Waals surface area contributed by atoms with Crippen molar-refractivity contribution in [1.29, 1.82) is 0 Å². The normalized spacial score (nSPS) is 15.8. The Balaban J connectivity index is 1.40. The van der Waals surface area contributed by atoms with Gasteiger partial charge < -0.3 is 24.1 Å². The fraction of sp³-hybridized carbons (Fsp3) is 0.385. The predicted octanol–water partition coefficient (Wildman–Crippen LogP) is 3.70. The molecule has 1 amide bonds. The van der Waals surface area contributed by atoms with E-state index in [4.69, 9.17) is 18.7 Å². The lowest BCUT2D eigenvalue weighted by Gasteiger charge is -2.31. The molecule has 1 aromatic heterocycles. The number of carbonyl (C=O) groups excluding carboxylic acids is 2. The molecule has 3 aromatic rings. The van der Waals surface area contributed by atoms with Gasteiger partial charge in [0, 0.05) is 17.8 Å². The fourth-order valence-electron chi connectivity index (χ4n) is 4.35. The maximum absolute atomic E-state index is 13.0. The molecule has 10 nitrogen and oxygen atoms in total. The van der Waals surface area contributed by atoms with E-state index in [0.29, 0.717) is 53.1 Å². The average molecular weight is 495 g/mol. The number of likely N-dealkylation sites (tertiary alicyclic amines) is 1. The van der Waals surface area contributed by atoms with Gasteiger partial charge in [-0.3, -0.25) is 9.69 Å². The van der Waals surface area contributed by atoms with Gasteiger partial charge in [-0.15, -0.1) is 0 Å². The summed E-state index contributed by atoms with van der Waals surface area (Å²) in [7, 11) is 4.49. The van der Waals surface area contributed by atoms with E-state index in [1.54, 1.807) is 51.5 Å². The molecule has 0 bridgehead atoms. The second-order valence-corrected chi connectivity index (χ2v) is 8.61. The molecule has 0 radical (unpaired) electrons. The predicted molar refractivity (Wildman–Crippen MR) is 132 cm³/mol. The second kappa shape index (κ2) is 11.2. The van der Waals surface area contributed by atoms with Gasteiger partial charge in [0.15, 0.2) is 11.5 Å². The van der Waals surface area contributed by atoms with Crippen molar-refractivity contribution in [2.24, 2.45) is 5.92 Å². The summed E-state index contributed by atoms with van der Waals surface area (Å²) in [6.07, 6.45) is 1.65. The molecule has 2 aromatic carbocycles. The van der Waals surface area contributed by atoms with Crippen molar-refractivity contribution in [1.82, 2.24) is 15.0 Å². The number of carbonyl (C=O) groups is 2. The number of benzene rings is 2. The summed E-state index contributed by atoms with van der Waals surface area (Å²) in [5.41, 5.74) is 2.47. The Morgan fingerprint density at radius 1 is 1.14 bits per heavy atom. The summed E-state index contributed by atoms with van der Waals surface area (Å²) in [5.74, 6) is 1.42. The van der Waals surface area contributed by atoms with Crippen molar-refractivity contribution >= 4 is 17.6 Å². The molecule has 0 saturated carbocycles. The van der Waals surface area contributed by atoms with E-state index in [1.807, 2.05) is 6.07 Å². The molecule has 1 fully saturated rings. The lowest BCUT2D eigenvalue weighted by atomic mass is 9.96. The summed E-state index contributed by atoms with van der Waals surface area (Å²) in [6, 6.07) is 10.6. The van der Waals surface area contributed by atoms with Crippen LogP contribution in [0.25, 0.3) is 11.4 Å². The highest BCUT2D eigenvalue weighted by Gasteiger charge is 2.28. The smallest absolute Gasteiger partial charge is 0.338 e. The van der Waals surface area contributed by atoms with Crippen LogP contribution in [0.3, 0.4) is 0 Å². The molecule has 1 unspecified atom stereocenters. The van der Waals surface area contributed by atoms with Gasteiger partial charge in [0.25, 0.3) is 0 Å². The van der Waals surface area contributed by atoms with E-state index in [2.05, 4.69) is 20.4 Å². The number of hydrogen-bond donors (Lipinski definition) is 1. The average Bonchev–Trinajstić information content (AvgIpc) is 3.37.